The molecule has 1 saturated heterocycles. The zero-order chi connectivity index (χ0) is 13.2. The van der Waals surface area contributed by atoms with Gasteiger partial charge in [-0.1, -0.05) is 20.3 Å². The van der Waals surface area contributed by atoms with Gasteiger partial charge in [-0.25, -0.2) is 0 Å². The lowest BCUT2D eigenvalue weighted by molar-refractivity contribution is -0.0669. The molecule has 0 aromatic carbocycles. The first-order valence-electron chi connectivity index (χ1n) is 7.45. The summed E-state index contributed by atoms with van der Waals surface area (Å²) in [4.78, 5) is 2.53. The zero-order valence-electron chi connectivity index (χ0n) is 12.2. The van der Waals surface area contributed by atoms with E-state index in [1.165, 1.54) is 25.7 Å². The Kier molecular flexibility index (Phi) is 4.68. The predicted molar refractivity (Wildman–Crippen MR) is 73.6 cm³/mol. The normalized spacial score (nSPS) is 34.7. The van der Waals surface area contributed by atoms with E-state index in [0.29, 0.717) is 6.04 Å². The lowest BCUT2D eigenvalue weighted by atomic mass is 9.71. The third-order valence-electron chi connectivity index (χ3n) is 5.01. The van der Waals surface area contributed by atoms with Gasteiger partial charge in [-0.15, -0.1) is 0 Å². The van der Waals surface area contributed by atoms with Crippen LogP contribution in [0.3, 0.4) is 0 Å². The first-order valence-corrected chi connectivity index (χ1v) is 7.45. The molecule has 2 unspecified atom stereocenters. The minimum atomic E-state index is -0.162. The van der Waals surface area contributed by atoms with Crippen LogP contribution >= 0.6 is 0 Å². The van der Waals surface area contributed by atoms with Crippen LogP contribution in [0.2, 0.25) is 0 Å². The fraction of sp³-hybridized carbons (Fsp3) is 1.00. The summed E-state index contributed by atoms with van der Waals surface area (Å²) < 4.78 is 5.25. The van der Waals surface area contributed by atoms with Gasteiger partial charge in [-0.3, -0.25) is 4.90 Å². The fourth-order valence-electron chi connectivity index (χ4n) is 3.66. The van der Waals surface area contributed by atoms with E-state index < -0.39 is 0 Å². The van der Waals surface area contributed by atoms with Gasteiger partial charge in [0.15, 0.2) is 0 Å². The van der Waals surface area contributed by atoms with E-state index in [1.807, 2.05) is 0 Å². The molecule has 1 heterocycles. The molecule has 2 atom stereocenters. The number of piperidine rings is 1. The Labute approximate surface area is 112 Å². The van der Waals surface area contributed by atoms with Gasteiger partial charge in [0.1, 0.15) is 0 Å². The number of aliphatic hydroxyl groups excluding tert-OH is 1. The lowest BCUT2D eigenvalue weighted by Crippen LogP contribution is -2.54. The molecule has 1 N–H and O–H groups in total. The maximum absolute atomic E-state index is 10.6. The monoisotopic (exact) mass is 255 g/mol. The van der Waals surface area contributed by atoms with Gasteiger partial charge in [-0.05, 0) is 50.1 Å². The lowest BCUT2D eigenvalue weighted by Gasteiger charge is -2.47. The number of ether oxygens (including phenoxy) is 1. The van der Waals surface area contributed by atoms with E-state index in [4.69, 9.17) is 4.74 Å². The second-order valence-corrected chi connectivity index (χ2v) is 6.83. The van der Waals surface area contributed by atoms with Crippen molar-refractivity contribution in [1.29, 1.82) is 0 Å². The van der Waals surface area contributed by atoms with E-state index in [0.717, 1.165) is 32.0 Å². The van der Waals surface area contributed by atoms with Crippen molar-refractivity contribution >= 4 is 0 Å². The molecule has 2 fully saturated rings. The van der Waals surface area contributed by atoms with E-state index in [2.05, 4.69) is 18.7 Å². The van der Waals surface area contributed by atoms with Crippen molar-refractivity contribution < 1.29 is 9.84 Å². The van der Waals surface area contributed by atoms with Gasteiger partial charge in [0.25, 0.3) is 0 Å². The van der Waals surface area contributed by atoms with Crippen molar-refractivity contribution in [3.8, 4) is 0 Å². The van der Waals surface area contributed by atoms with E-state index in [-0.39, 0.29) is 11.5 Å². The smallest absolute Gasteiger partial charge is 0.0746 e. The van der Waals surface area contributed by atoms with Crippen LogP contribution in [-0.4, -0.2) is 49.0 Å². The standard InChI is InChI=1S/C15H29NO2/c1-15(2)8-4-5-13(14(15)17)16-9-6-12(7-10-16)11-18-3/h12-14,17H,4-11H2,1-3H3. The second-order valence-electron chi connectivity index (χ2n) is 6.83. The molecule has 1 aliphatic carbocycles. The molecule has 0 aromatic heterocycles. The molecular formula is C15H29NO2. The minimum absolute atomic E-state index is 0.0896. The van der Waals surface area contributed by atoms with Crippen LogP contribution in [0.4, 0.5) is 0 Å². The highest BCUT2D eigenvalue weighted by atomic mass is 16.5. The number of nitrogens with zero attached hydrogens (tertiary/aromatic N) is 1. The second kappa shape index (κ2) is 5.89. The number of hydrogen-bond acceptors (Lipinski definition) is 3. The average Bonchev–Trinajstić information content (AvgIpc) is 2.34. The van der Waals surface area contributed by atoms with Crippen LogP contribution in [0, 0.1) is 11.3 Å². The summed E-state index contributed by atoms with van der Waals surface area (Å²) in [5.74, 6) is 0.722. The van der Waals surface area contributed by atoms with E-state index in [1.54, 1.807) is 7.11 Å². The van der Waals surface area contributed by atoms with Crippen molar-refractivity contribution in [2.24, 2.45) is 11.3 Å². The average molecular weight is 255 g/mol. The van der Waals surface area contributed by atoms with Gasteiger partial charge in [-0.2, -0.15) is 0 Å². The Morgan fingerprint density at radius 3 is 2.50 bits per heavy atom. The van der Waals surface area contributed by atoms with Crippen molar-refractivity contribution in [3.63, 3.8) is 0 Å². The maximum atomic E-state index is 10.6. The van der Waals surface area contributed by atoms with Crippen LogP contribution in [0.15, 0.2) is 0 Å². The summed E-state index contributed by atoms with van der Waals surface area (Å²) in [7, 11) is 1.79. The summed E-state index contributed by atoms with van der Waals surface area (Å²) in [6.07, 6.45) is 5.86. The molecular weight excluding hydrogens is 226 g/mol. The summed E-state index contributed by atoms with van der Waals surface area (Å²) in [6.45, 7) is 7.58. The third kappa shape index (κ3) is 3.06. The Morgan fingerprint density at radius 2 is 1.89 bits per heavy atom. The molecule has 2 aliphatic rings. The molecule has 106 valence electrons. The fourth-order valence-corrected chi connectivity index (χ4v) is 3.66. The first kappa shape index (κ1) is 14.3. The molecule has 18 heavy (non-hydrogen) atoms. The largest absolute Gasteiger partial charge is 0.391 e. The number of likely N-dealkylation sites (tertiary alicyclic amines) is 1. The quantitative estimate of drug-likeness (QED) is 0.840. The molecule has 0 bridgehead atoms. The van der Waals surface area contributed by atoms with Gasteiger partial charge < -0.3 is 9.84 Å². The zero-order valence-corrected chi connectivity index (χ0v) is 12.2. The van der Waals surface area contributed by atoms with Crippen LogP contribution < -0.4 is 0 Å². The highest BCUT2D eigenvalue weighted by Gasteiger charge is 2.41. The Hall–Kier alpha value is -0.120. The van der Waals surface area contributed by atoms with Crippen LogP contribution in [0.25, 0.3) is 0 Å². The molecule has 2 rings (SSSR count). The number of methoxy groups -OCH3 is 1. The molecule has 1 saturated carbocycles. The molecule has 0 aromatic rings. The predicted octanol–water partition coefficient (Wildman–Crippen LogP) is 2.28. The van der Waals surface area contributed by atoms with E-state index >= 15 is 0 Å². The van der Waals surface area contributed by atoms with E-state index in [9.17, 15) is 5.11 Å². The van der Waals surface area contributed by atoms with Crippen LogP contribution in [0.5, 0.6) is 0 Å². The molecule has 1 aliphatic heterocycles. The van der Waals surface area contributed by atoms with Gasteiger partial charge in [0.05, 0.1) is 6.10 Å². The van der Waals surface area contributed by atoms with Crippen molar-refractivity contribution in [2.45, 2.75) is 58.1 Å². The Bertz CT molecular complexity index is 259. The molecule has 3 heteroatoms. The Morgan fingerprint density at radius 1 is 1.22 bits per heavy atom. The van der Waals surface area contributed by atoms with Crippen molar-refractivity contribution in [1.82, 2.24) is 4.90 Å². The summed E-state index contributed by atoms with van der Waals surface area (Å²) >= 11 is 0. The molecule has 0 amide bonds. The van der Waals surface area contributed by atoms with Crippen LogP contribution in [-0.2, 0) is 4.74 Å². The maximum Gasteiger partial charge on any atom is 0.0746 e. The number of hydrogen-bond donors (Lipinski definition) is 1. The van der Waals surface area contributed by atoms with Gasteiger partial charge in [0, 0.05) is 19.8 Å². The topological polar surface area (TPSA) is 32.7 Å². The molecule has 3 nitrogen and oxygen atoms in total. The number of aliphatic hydroxyl groups is 1. The highest BCUT2D eigenvalue weighted by Crippen LogP contribution is 2.38. The highest BCUT2D eigenvalue weighted by molar-refractivity contribution is 4.94. The molecule has 0 radical (unpaired) electrons. The molecule has 0 spiro atoms. The summed E-state index contributed by atoms with van der Waals surface area (Å²) in [6, 6.07) is 0.386. The summed E-state index contributed by atoms with van der Waals surface area (Å²) in [5.41, 5.74) is 0.0896. The SMILES string of the molecule is COCC1CCN(C2CCCC(C)(C)C2O)CC1. The first-order chi connectivity index (χ1) is 8.54. The van der Waals surface area contributed by atoms with Gasteiger partial charge in [0.2, 0.25) is 0 Å². The Balaban J connectivity index is 1.89. The third-order valence-corrected chi connectivity index (χ3v) is 5.01. The number of rotatable bonds is 3. The van der Waals surface area contributed by atoms with Gasteiger partial charge >= 0.3 is 0 Å². The summed E-state index contributed by atoms with van der Waals surface area (Å²) in [5, 5.41) is 10.6. The van der Waals surface area contributed by atoms with Crippen molar-refractivity contribution in [3.05, 3.63) is 0 Å². The van der Waals surface area contributed by atoms with Crippen LogP contribution in [0.1, 0.15) is 46.0 Å². The van der Waals surface area contributed by atoms with Crippen molar-refractivity contribution in [2.75, 3.05) is 26.8 Å². The minimum Gasteiger partial charge on any atom is -0.391 e.